The second-order valence-electron chi connectivity index (χ2n) is 6.55. The quantitative estimate of drug-likeness (QED) is 0.740. The predicted octanol–water partition coefficient (Wildman–Crippen LogP) is 3.17. The molecule has 0 bridgehead atoms. The molecule has 27 heavy (non-hydrogen) atoms. The van der Waals surface area contributed by atoms with Crippen molar-refractivity contribution in [2.45, 2.75) is 46.1 Å². The molecule has 0 aliphatic carbocycles. The summed E-state index contributed by atoms with van der Waals surface area (Å²) in [6.07, 6.45) is 4.70. The van der Waals surface area contributed by atoms with E-state index >= 15 is 0 Å². The molecule has 1 unspecified atom stereocenters. The highest BCUT2D eigenvalue weighted by Crippen LogP contribution is 2.34. The lowest BCUT2D eigenvalue weighted by Gasteiger charge is -2.22. The molecule has 2 N–H and O–H groups in total. The number of nitrogens with zero attached hydrogens (tertiary/aromatic N) is 2. The minimum absolute atomic E-state index is 0.270. The summed E-state index contributed by atoms with van der Waals surface area (Å²) < 4.78 is 7.04. The van der Waals surface area contributed by atoms with Crippen LogP contribution in [0.3, 0.4) is 0 Å². The molecular formula is C19H26N4O3S. The van der Waals surface area contributed by atoms with Crippen LogP contribution in [0.25, 0.3) is 0 Å². The summed E-state index contributed by atoms with van der Waals surface area (Å²) in [5.74, 6) is -0.709. The number of aryl methyl sites for hydroxylation is 1. The van der Waals surface area contributed by atoms with E-state index in [1.165, 1.54) is 11.3 Å². The van der Waals surface area contributed by atoms with Crippen LogP contribution in [0.5, 0.6) is 0 Å². The Balaban J connectivity index is 1.80. The molecule has 146 valence electrons. The minimum Gasteiger partial charge on any atom is -0.462 e. The molecule has 2 aromatic rings. The molecule has 2 aromatic heterocycles. The highest BCUT2D eigenvalue weighted by molar-refractivity contribution is 7.16. The summed E-state index contributed by atoms with van der Waals surface area (Å²) in [6.45, 7) is 7.90. The van der Waals surface area contributed by atoms with Crippen molar-refractivity contribution in [2.75, 3.05) is 25.0 Å². The van der Waals surface area contributed by atoms with Crippen LogP contribution >= 0.6 is 11.3 Å². The number of anilines is 1. The van der Waals surface area contributed by atoms with Gasteiger partial charge in [-0.05, 0) is 51.3 Å². The van der Waals surface area contributed by atoms with Crippen molar-refractivity contribution in [3.05, 3.63) is 34.0 Å². The Morgan fingerprint density at radius 2 is 2.26 bits per heavy atom. The number of hydrogen-bond acceptors (Lipinski definition) is 6. The number of thiophene rings is 1. The van der Waals surface area contributed by atoms with Gasteiger partial charge in [-0.2, -0.15) is 5.10 Å². The monoisotopic (exact) mass is 390 g/mol. The first-order valence-electron chi connectivity index (χ1n) is 9.41. The maximum Gasteiger partial charge on any atom is 0.341 e. The molecule has 0 radical (unpaired) electrons. The van der Waals surface area contributed by atoms with Crippen molar-refractivity contribution < 1.29 is 14.3 Å². The van der Waals surface area contributed by atoms with Gasteiger partial charge in [0.2, 0.25) is 0 Å². The van der Waals surface area contributed by atoms with Crippen LogP contribution < -0.4 is 10.6 Å². The molecule has 1 fully saturated rings. The Bertz CT molecular complexity index is 821. The van der Waals surface area contributed by atoms with Gasteiger partial charge < -0.3 is 15.4 Å². The Kier molecular flexibility index (Phi) is 6.28. The van der Waals surface area contributed by atoms with E-state index in [0.29, 0.717) is 29.3 Å². The van der Waals surface area contributed by atoms with Gasteiger partial charge in [0.1, 0.15) is 5.00 Å². The van der Waals surface area contributed by atoms with Crippen LogP contribution in [-0.4, -0.2) is 41.4 Å². The number of rotatable bonds is 6. The lowest BCUT2D eigenvalue weighted by atomic mass is 10.1. The number of amides is 1. The molecule has 8 heteroatoms. The smallest absolute Gasteiger partial charge is 0.341 e. The zero-order chi connectivity index (χ0) is 19.4. The normalized spacial score (nSPS) is 16.9. The van der Waals surface area contributed by atoms with Gasteiger partial charge in [-0.15, -0.1) is 11.3 Å². The van der Waals surface area contributed by atoms with Crippen molar-refractivity contribution in [1.29, 1.82) is 0 Å². The summed E-state index contributed by atoms with van der Waals surface area (Å²) in [6, 6.07) is 1.99. The third-order valence-electron chi connectivity index (χ3n) is 4.76. The van der Waals surface area contributed by atoms with Gasteiger partial charge in [0.15, 0.2) is 5.69 Å². The van der Waals surface area contributed by atoms with Crippen molar-refractivity contribution >= 4 is 28.2 Å². The van der Waals surface area contributed by atoms with Gasteiger partial charge >= 0.3 is 5.97 Å². The molecule has 1 amide bonds. The molecule has 1 saturated heterocycles. The van der Waals surface area contributed by atoms with E-state index in [2.05, 4.69) is 15.7 Å². The molecule has 3 rings (SSSR count). The number of aromatic nitrogens is 2. The van der Waals surface area contributed by atoms with Crippen LogP contribution in [-0.2, 0) is 11.2 Å². The molecule has 1 atom stereocenters. The van der Waals surface area contributed by atoms with Crippen LogP contribution in [0.1, 0.15) is 64.0 Å². The summed E-state index contributed by atoms with van der Waals surface area (Å²) in [5.41, 5.74) is 1.73. The second-order valence-corrected chi connectivity index (χ2v) is 7.77. The van der Waals surface area contributed by atoms with Crippen molar-refractivity contribution in [2.24, 2.45) is 0 Å². The SMILES string of the molecule is CCOC(=O)c1c(NC(=O)c2ccn(C3CCCNC3)n2)sc(C)c1CC. The van der Waals surface area contributed by atoms with Crippen LogP contribution in [0.15, 0.2) is 12.3 Å². The average Bonchev–Trinajstić information content (AvgIpc) is 3.27. The Hall–Kier alpha value is -2.19. The summed E-state index contributed by atoms with van der Waals surface area (Å²) in [5, 5.41) is 11.2. The fraction of sp³-hybridized carbons (Fsp3) is 0.526. The molecule has 7 nitrogen and oxygen atoms in total. The first-order valence-corrected chi connectivity index (χ1v) is 10.2. The van der Waals surface area contributed by atoms with Gasteiger partial charge in [-0.1, -0.05) is 6.92 Å². The topological polar surface area (TPSA) is 85.2 Å². The number of ether oxygens (including phenoxy) is 1. The molecule has 1 aliphatic rings. The fourth-order valence-electron chi connectivity index (χ4n) is 3.40. The fourth-order valence-corrected chi connectivity index (χ4v) is 4.53. The van der Waals surface area contributed by atoms with E-state index in [1.54, 1.807) is 13.0 Å². The van der Waals surface area contributed by atoms with Crippen LogP contribution in [0.4, 0.5) is 5.00 Å². The Labute approximate surface area is 163 Å². The van der Waals surface area contributed by atoms with Crippen molar-refractivity contribution in [3.63, 3.8) is 0 Å². The standard InChI is InChI=1S/C19H26N4O3S/c1-4-14-12(3)27-18(16(14)19(25)26-5-2)21-17(24)15-8-10-23(22-15)13-7-6-9-20-11-13/h8,10,13,20H,4-7,9,11H2,1-3H3,(H,21,24). The number of hydrogen-bond donors (Lipinski definition) is 2. The van der Waals surface area contributed by atoms with E-state index in [4.69, 9.17) is 4.74 Å². The average molecular weight is 391 g/mol. The van der Waals surface area contributed by atoms with Gasteiger partial charge in [0, 0.05) is 17.6 Å². The number of piperidine rings is 1. The van der Waals surface area contributed by atoms with E-state index in [1.807, 2.05) is 24.7 Å². The first-order chi connectivity index (χ1) is 13.0. The minimum atomic E-state index is -0.396. The van der Waals surface area contributed by atoms with E-state index in [9.17, 15) is 9.59 Å². The molecule has 0 aromatic carbocycles. The Morgan fingerprint density at radius 1 is 1.44 bits per heavy atom. The van der Waals surface area contributed by atoms with Gasteiger partial charge in [-0.3, -0.25) is 9.48 Å². The largest absolute Gasteiger partial charge is 0.462 e. The number of carbonyl (C=O) groups is 2. The van der Waals surface area contributed by atoms with Gasteiger partial charge in [0.05, 0.1) is 18.2 Å². The van der Waals surface area contributed by atoms with E-state index in [-0.39, 0.29) is 11.9 Å². The van der Waals surface area contributed by atoms with E-state index < -0.39 is 5.97 Å². The van der Waals surface area contributed by atoms with Crippen molar-refractivity contribution in [1.82, 2.24) is 15.1 Å². The van der Waals surface area contributed by atoms with Crippen LogP contribution in [0.2, 0.25) is 0 Å². The zero-order valence-corrected chi connectivity index (χ0v) is 16.8. The highest BCUT2D eigenvalue weighted by atomic mass is 32.1. The first kappa shape index (κ1) is 19.6. The molecule has 1 aliphatic heterocycles. The molecular weight excluding hydrogens is 364 g/mol. The number of esters is 1. The number of nitrogens with one attached hydrogen (secondary N) is 2. The highest BCUT2D eigenvalue weighted by Gasteiger charge is 2.25. The van der Waals surface area contributed by atoms with Gasteiger partial charge in [0.25, 0.3) is 5.91 Å². The summed E-state index contributed by atoms with van der Waals surface area (Å²) in [4.78, 5) is 26.1. The lowest BCUT2D eigenvalue weighted by molar-refractivity contribution is 0.0527. The third-order valence-corrected chi connectivity index (χ3v) is 5.82. The molecule has 0 spiro atoms. The second kappa shape index (κ2) is 8.67. The van der Waals surface area contributed by atoms with Crippen LogP contribution in [0, 0.1) is 6.92 Å². The molecule has 3 heterocycles. The summed E-state index contributed by atoms with van der Waals surface area (Å²) in [7, 11) is 0. The third kappa shape index (κ3) is 4.22. The molecule has 0 saturated carbocycles. The lowest BCUT2D eigenvalue weighted by Crippen LogP contribution is -2.32. The predicted molar refractivity (Wildman–Crippen MR) is 106 cm³/mol. The zero-order valence-electron chi connectivity index (χ0n) is 16.0. The maximum absolute atomic E-state index is 12.7. The van der Waals surface area contributed by atoms with Gasteiger partial charge in [-0.25, -0.2) is 4.79 Å². The number of carbonyl (C=O) groups excluding carboxylic acids is 2. The van der Waals surface area contributed by atoms with Crippen molar-refractivity contribution in [3.8, 4) is 0 Å². The van der Waals surface area contributed by atoms with E-state index in [0.717, 1.165) is 36.4 Å². The maximum atomic E-state index is 12.7. The Morgan fingerprint density at radius 3 is 2.93 bits per heavy atom. The summed E-state index contributed by atoms with van der Waals surface area (Å²) >= 11 is 1.40.